The van der Waals surface area contributed by atoms with Crippen molar-refractivity contribution >= 4 is 22.9 Å². The molecule has 3 aliphatic rings. The molecule has 0 radical (unpaired) electrons. The Morgan fingerprint density at radius 1 is 0.618 bits per heavy atom. The number of hydrogen-bond acceptors (Lipinski definition) is 4. The molecule has 34 heavy (non-hydrogen) atoms. The van der Waals surface area contributed by atoms with Gasteiger partial charge in [-0.15, -0.1) is 0 Å². The van der Waals surface area contributed by atoms with Crippen molar-refractivity contribution in [2.24, 2.45) is 11.8 Å². The van der Waals surface area contributed by atoms with Crippen LogP contribution in [0, 0.1) is 11.8 Å². The zero-order chi connectivity index (χ0) is 23.7. The molecular formula is C30H38N2O2. The molecule has 2 unspecified atom stereocenters. The smallest absolute Gasteiger partial charge is 0.196 e. The van der Waals surface area contributed by atoms with E-state index in [9.17, 15) is 9.59 Å². The molecule has 2 atom stereocenters. The molecule has 2 aromatic carbocycles. The van der Waals surface area contributed by atoms with Gasteiger partial charge < -0.3 is 10.6 Å². The van der Waals surface area contributed by atoms with Crippen LogP contribution in [-0.2, 0) is 0 Å². The van der Waals surface area contributed by atoms with Gasteiger partial charge in [0.25, 0.3) is 0 Å². The Labute approximate surface area is 203 Å². The van der Waals surface area contributed by atoms with Crippen molar-refractivity contribution in [1.82, 2.24) is 0 Å². The third-order valence-corrected chi connectivity index (χ3v) is 8.55. The highest BCUT2D eigenvalue weighted by molar-refractivity contribution is 6.31. The van der Waals surface area contributed by atoms with Crippen LogP contribution in [0.1, 0.15) is 110 Å². The summed E-state index contributed by atoms with van der Waals surface area (Å²) in [6, 6.07) is 11.9. The molecule has 4 nitrogen and oxygen atoms in total. The van der Waals surface area contributed by atoms with Crippen LogP contribution in [0.3, 0.4) is 0 Å². The first-order valence-electron chi connectivity index (χ1n) is 13.4. The average molecular weight is 459 g/mol. The lowest BCUT2D eigenvalue weighted by atomic mass is 9.81. The molecule has 180 valence electrons. The summed E-state index contributed by atoms with van der Waals surface area (Å²) >= 11 is 0. The van der Waals surface area contributed by atoms with E-state index >= 15 is 0 Å². The van der Waals surface area contributed by atoms with Crippen LogP contribution in [0.25, 0.3) is 0 Å². The lowest BCUT2D eigenvalue weighted by molar-refractivity contribution is 0.0980. The lowest BCUT2D eigenvalue weighted by Crippen LogP contribution is -2.31. The summed E-state index contributed by atoms with van der Waals surface area (Å²) in [5, 5.41) is 7.25. The monoisotopic (exact) mass is 458 g/mol. The van der Waals surface area contributed by atoms with Gasteiger partial charge in [0.05, 0.1) is 11.1 Å². The molecule has 0 amide bonds. The maximum Gasteiger partial charge on any atom is 0.196 e. The molecule has 5 rings (SSSR count). The van der Waals surface area contributed by atoms with Crippen LogP contribution in [0.15, 0.2) is 36.4 Å². The Kier molecular flexibility index (Phi) is 6.76. The van der Waals surface area contributed by atoms with E-state index in [0.29, 0.717) is 34.1 Å². The fourth-order valence-corrected chi connectivity index (χ4v) is 6.48. The molecule has 0 saturated heterocycles. The Morgan fingerprint density at radius 2 is 1.00 bits per heavy atom. The van der Waals surface area contributed by atoms with Gasteiger partial charge in [0.1, 0.15) is 0 Å². The summed E-state index contributed by atoms with van der Waals surface area (Å²) in [6.45, 7) is 4.43. The molecule has 2 fully saturated rings. The fraction of sp³-hybridized carbons (Fsp3) is 0.533. The van der Waals surface area contributed by atoms with Crippen molar-refractivity contribution in [2.45, 2.75) is 90.1 Å². The van der Waals surface area contributed by atoms with Crippen molar-refractivity contribution < 1.29 is 9.59 Å². The second-order valence-electron chi connectivity index (χ2n) is 10.8. The fourth-order valence-electron chi connectivity index (χ4n) is 6.48. The SMILES string of the molecule is CC(Nc1cccc2c1C(=O)c1cccc(NC(C)C3CCCCC3)c1C2=O)C1CCCCC1. The van der Waals surface area contributed by atoms with Crippen molar-refractivity contribution in [1.29, 1.82) is 0 Å². The first kappa shape index (κ1) is 23.1. The number of carbonyl (C=O) groups is 2. The quantitative estimate of drug-likeness (QED) is 0.409. The van der Waals surface area contributed by atoms with Gasteiger partial charge in [-0.25, -0.2) is 0 Å². The van der Waals surface area contributed by atoms with Crippen molar-refractivity contribution in [3.05, 3.63) is 58.7 Å². The molecular weight excluding hydrogens is 420 g/mol. The Morgan fingerprint density at radius 3 is 1.38 bits per heavy atom. The minimum atomic E-state index is -0.0440. The van der Waals surface area contributed by atoms with E-state index in [1.165, 1.54) is 64.2 Å². The molecule has 0 aliphatic heterocycles. The highest BCUT2D eigenvalue weighted by Gasteiger charge is 2.35. The topological polar surface area (TPSA) is 58.2 Å². The molecule has 0 spiro atoms. The van der Waals surface area contributed by atoms with Crippen LogP contribution in [0.5, 0.6) is 0 Å². The van der Waals surface area contributed by atoms with E-state index in [4.69, 9.17) is 0 Å². The lowest BCUT2D eigenvalue weighted by Gasteiger charge is -2.31. The zero-order valence-electron chi connectivity index (χ0n) is 20.7. The Hall–Kier alpha value is -2.62. The van der Waals surface area contributed by atoms with Crippen molar-refractivity contribution in [2.75, 3.05) is 10.6 Å². The molecule has 2 saturated carbocycles. The molecule has 0 heterocycles. The van der Waals surface area contributed by atoms with E-state index in [1.807, 2.05) is 36.4 Å². The van der Waals surface area contributed by atoms with Gasteiger partial charge in [0.2, 0.25) is 0 Å². The number of hydrogen-bond donors (Lipinski definition) is 2. The summed E-state index contributed by atoms with van der Waals surface area (Å²) in [5.41, 5.74) is 3.73. The number of carbonyl (C=O) groups excluding carboxylic acids is 2. The Balaban J connectivity index is 1.43. The average Bonchev–Trinajstić information content (AvgIpc) is 2.88. The van der Waals surface area contributed by atoms with Crippen molar-refractivity contribution in [3.63, 3.8) is 0 Å². The summed E-state index contributed by atoms with van der Waals surface area (Å²) in [4.78, 5) is 27.5. The van der Waals surface area contributed by atoms with E-state index < -0.39 is 0 Å². The van der Waals surface area contributed by atoms with E-state index in [-0.39, 0.29) is 23.7 Å². The second-order valence-corrected chi connectivity index (χ2v) is 10.8. The van der Waals surface area contributed by atoms with Gasteiger partial charge in [-0.3, -0.25) is 9.59 Å². The third-order valence-electron chi connectivity index (χ3n) is 8.55. The van der Waals surface area contributed by atoms with E-state index in [2.05, 4.69) is 24.5 Å². The molecule has 0 bridgehead atoms. The summed E-state index contributed by atoms with van der Waals surface area (Å²) in [7, 11) is 0. The van der Waals surface area contributed by atoms with Crippen LogP contribution in [-0.4, -0.2) is 23.7 Å². The first-order valence-corrected chi connectivity index (χ1v) is 13.4. The number of fused-ring (bicyclic) bond motifs is 2. The minimum absolute atomic E-state index is 0.0440. The highest BCUT2D eigenvalue weighted by atomic mass is 16.1. The number of nitrogens with one attached hydrogen (secondary N) is 2. The maximum absolute atomic E-state index is 13.8. The van der Waals surface area contributed by atoms with Crippen molar-refractivity contribution in [3.8, 4) is 0 Å². The molecule has 2 aromatic rings. The van der Waals surface area contributed by atoms with Gasteiger partial charge in [0, 0.05) is 34.6 Å². The van der Waals surface area contributed by atoms with E-state index in [0.717, 1.165) is 11.4 Å². The highest BCUT2D eigenvalue weighted by Crippen LogP contribution is 2.38. The number of anilines is 2. The molecule has 2 N–H and O–H groups in total. The summed E-state index contributed by atoms with van der Waals surface area (Å²) in [5.74, 6) is 1.14. The van der Waals surface area contributed by atoms with Gasteiger partial charge in [-0.05, 0) is 63.5 Å². The second kappa shape index (κ2) is 9.93. The van der Waals surface area contributed by atoms with Crippen LogP contribution in [0.2, 0.25) is 0 Å². The Bertz CT molecular complexity index is 978. The standard InChI is InChI=1S/C30H38N2O2/c1-19(21-11-5-3-6-12-21)31-25-17-9-15-23-27(25)29(33)24-16-10-18-26(28(24)30(23)34)32-20(2)22-13-7-4-8-14-22/h9-10,15-22,31-32H,3-8,11-14H2,1-2H3. The molecule has 4 heteroatoms. The summed E-state index contributed by atoms with van der Waals surface area (Å²) in [6.07, 6.45) is 12.7. The number of benzene rings is 2. The predicted molar refractivity (Wildman–Crippen MR) is 139 cm³/mol. The van der Waals surface area contributed by atoms with E-state index in [1.54, 1.807) is 0 Å². The normalized spacial score (nSPS) is 20.9. The van der Waals surface area contributed by atoms with Gasteiger partial charge in [-0.2, -0.15) is 0 Å². The van der Waals surface area contributed by atoms with Gasteiger partial charge in [-0.1, -0.05) is 62.8 Å². The molecule has 0 aromatic heterocycles. The summed E-state index contributed by atoms with van der Waals surface area (Å²) < 4.78 is 0. The van der Waals surface area contributed by atoms with Crippen LogP contribution >= 0.6 is 0 Å². The minimum Gasteiger partial charge on any atom is -0.382 e. The number of ketones is 2. The largest absolute Gasteiger partial charge is 0.382 e. The first-order chi connectivity index (χ1) is 16.5. The third kappa shape index (κ3) is 4.39. The zero-order valence-corrected chi connectivity index (χ0v) is 20.7. The maximum atomic E-state index is 13.8. The predicted octanol–water partition coefficient (Wildman–Crippen LogP) is 7.22. The number of rotatable bonds is 6. The molecule has 3 aliphatic carbocycles. The van der Waals surface area contributed by atoms with Gasteiger partial charge >= 0.3 is 0 Å². The van der Waals surface area contributed by atoms with Gasteiger partial charge in [0.15, 0.2) is 11.6 Å². The van der Waals surface area contributed by atoms with Crippen LogP contribution in [0.4, 0.5) is 11.4 Å². The van der Waals surface area contributed by atoms with Crippen LogP contribution < -0.4 is 10.6 Å².